The molecule has 0 amide bonds. The van der Waals surface area contributed by atoms with Crippen LogP contribution < -0.4 is 5.32 Å². The molecule has 5 rings (SSSR count). The van der Waals surface area contributed by atoms with Crippen molar-refractivity contribution in [3.8, 4) is 0 Å². The fraction of sp³-hybridized carbons (Fsp3) is 0.520. The van der Waals surface area contributed by atoms with E-state index in [1.807, 2.05) is 6.20 Å². The van der Waals surface area contributed by atoms with Crippen LogP contribution in [0.3, 0.4) is 0 Å². The van der Waals surface area contributed by atoms with Crippen LogP contribution in [0.2, 0.25) is 0 Å². The Labute approximate surface area is 179 Å². The molecule has 2 aliphatic rings. The van der Waals surface area contributed by atoms with Crippen LogP contribution in [0.1, 0.15) is 68.1 Å². The van der Waals surface area contributed by atoms with Crippen molar-refractivity contribution in [2.75, 3.05) is 13.1 Å². The quantitative estimate of drug-likeness (QED) is 0.597. The Morgan fingerprint density at radius 3 is 2.90 bits per heavy atom. The predicted octanol–water partition coefficient (Wildman–Crippen LogP) is 4.76. The molecule has 3 aromatic rings. The van der Waals surface area contributed by atoms with Gasteiger partial charge >= 0.3 is 0 Å². The first-order valence-electron chi connectivity index (χ1n) is 11.7. The monoisotopic (exact) mass is 403 g/mol. The highest BCUT2D eigenvalue weighted by atomic mass is 15.2. The highest BCUT2D eigenvalue weighted by Crippen LogP contribution is 2.34. The molecule has 1 unspecified atom stereocenters. The molecule has 2 N–H and O–H groups in total. The molecule has 30 heavy (non-hydrogen) atoms. The Balaban J connectivity index is 1.34. The van der Waals surface area contributed by atoms with Gasteiger partial charge in [-0.2, -0.15) is 0 Å². The summed E-state index contributed by atoms with van der Waals surface area (Å²) in [6.07, 6.45) is 12.1. The van der Waals surface area contributed by atoms with Crippen LogP contribution in [-0.2, 0) is 13.0 Å². The minimum atomic E-state index is 0.391. The van der Waals surface area contributed by atoms with Crippen LogP contribution in [0.25, 0.3) is 11.0 Å². The fourth-order valence-corrected chi connectivity index (χ4v) is 5.27. The molecule has 0 saturated carbocycles. The van der Waals surface area contributed by atoms with Gasteiger partial charge in [-0.1, -0.05) is 24.6 Å². The molecule has 158 valence electrons. The number of hydrogen-bond acceptors (Lipinski definition) is 4. The summed E-state index contributed by atoms with van der Waals surface area (Å²) in [6.45, 7) is 3.14. The minimum Gasteiger partial charge on any atom is -0.341 e. The number of nitrogens with one attached hydrogen (secondary N) is 2. The van der Waals surface area contributed by atoms with Crippen molar-refractivity contribution >= 4 is 11.0 Å². The van der Waals surface area contributed by atoms with E-state index in [2.05, 4.69) is 51.6 Å². The molecule has 0 bridgehead atoms. The van der Waals surface area contributed by atoms with Crippen LogP contribution in [0.4, 0.5) is 0 Å². The molecule has 1 aliphatic heterocycles. The molecule has 5 nitrogen and oxygen atoms in total. The van der Waals surface area contributed by atoms with Crippen molar-refractivity contribution in [3.63, 3.8) is 0 Å². The van der Waals surface area contributed by atoms with Crippen molar-refractivity contribution in [2.45, 2.75) is 70.0 Å². The van der Waals surface area contributed by atoms with Crippen molar-refractivity contribution in [1.82, 2.24) is 25.2 Å². The summed E-state index contributed by atoms with van der Waals surface area (Å²) < 4.78 is 0. The van der Waals surface area contributed by atoms with E-state index < -0.39 is 0 Å². The Bertz CT molecular complexity index is 926. The van der Waals surface area contributed by atoms with Gasteiger partial charge in [-0.15, -0.1) is 0 Å². The van der Waals surface area contributed by atoms with E-state index in [1.165, 1.54) is 62.7 Å². The molecule has 1 aromatic carbocycles. The van der Waals surface area contributed by atoms with Crippen LogP contribution >= 0.6 is 0 Å². The molecular formula is C25H33N5. The van der Waals surface area contributed by atoms with E-state index in [0.717, 1.165) is 36.4 Å². The molecule has 1 saturated heterocycles. The maximum atomic E-state index is 4.87. The molecule has 1 aliphatic carbocycles. The Morgan fingerprint density at radius 2 is 2.00 bits per heavy atom. The first kappa shape index (κ1) is 19.7. The van der Waals surface area contributed by atoms with E-state index in [4.69, 9.17) is 9.97 Å². The second-order valence-corrected chi connectivity index (χ2v) is 8.92. The number of fused-ring (bicyclic) bond motifs is 2. The summed E-state index contributed by atoms with van der Waals surface area (Å²) in [4.78, 5) is 15.9. The number of H-pyrrole nitrogens is 1. The summed E-state index contributed by atoms with van der Waals surface area (Å²) >= 11 is 0. The zero-order valence-electron chi connectivity index (χ0n) is 17.8. The SMILES string of the molecule is c1cnc2c(c1)CCC[C@@H]2N(CCCC1CCCCN1)Cc1nc2ccccc2[nH]1. The third-order valence-electron chi connectivity index (χ3n) is 6.81. The van der Waals surface area contributed by atoms with Crippen LogP contribution in [-0.4, -0.2) is 39.0 Å². The highest BCUT2D eigenvalue weighted by Gasteiger charge is 2.28. The van der Waals surface area contributed by atoms with E-state index in [9.17, 15) is 0 Å². The molecule has 2 aromatic heterocycles. The number of piperidine rings is 1. The van der Waals surface area contributed by atoms with Crippen molar-refractivity contribution < 1.29 is 0 Å². The number of aromatic amines is 1. The van der Waals surface area contributed by atoms with Gasteiger partial charge in [-0.25, -0.2) is 4.98 Å². The summed E-state index contributed by atoms with van der Waals surface area (Å²) in [6, 6.07) is 13.8. The first-order valence-corrected chi connectivity index (χ1v) is 11.7. The number of hydrogen-bond donors (Lipinski definition) is 2. The zero-order valence-corrected chi connectivity index (χ0v) is 17.8. The molecule has 1 fully saturated rings. The number of rotatable bonds is 7. The number of pyridine rings is 1. The average Bonchev–Trinajstić information content (AvgIpc) is 3.21. The standard InChI is InChI=1S/C25H33N5/c1-2-13-22-21(12-1)28-24(29-22)18-30(17-7-11-20-10-3-4-15-26-20)23-14-5-8-19-9-6-16-27-25(19)23/h1-2,6,9,12-13,16,20,23,26H,3-5,7-8,10-11,14-15,17-18H2,(H,28,29)/t20?,23-/m0/s1. The van der Waals surface area contributed by atoms with Crippen molar-refractivity contribution in [3.05, 3.63) is 59.7 Å². The normalized spacial score (nSPS) is 21.8. The average molecular weight is 404 g/mol. The second-order valence-electron chi connectivity index (χ2n) is 8.92. The fourth-order valence-electron chi connectivity index (χ4n) is 5.27. The van der Waals surface area contributed by atoms with Gasteiger partial charge in [-0.3, -0.25) is 9.88 Å². The van der Waals surface area contributed by atoms with Crippen LogP contribution in [0.5, 0.6) is 0 Å². The number of aromatic nitrogens is 3. The van der Waals surface area contributed by atoms with Gasteiger partial charge in [0.05, 0.1) is 29.3 Å². The van der Waals surface area contributed by atoms with Gasteiger partial charge in [0.25, 0.3) is 0 Å². The first-order chi connectivity index (χ1) is 14.9. The Hall–Kier alpha value is -2.24. The molecule has 5 heteroatoms. The summed E-state index contributed by atoms with van der Waals surface area (Å²) in [5.74, 6) is 1.06. The van der Waals surface area contributed by atoms with E-state index in [1.54, 1.807) is 0 Å². The molecule has 0 spiro atoms. The van der Waals surface area contributed by atoms with E-state index in [-0.39, 0.29) is 0 Å². The van der Waals surface area contributed by atoms with Crippen LogP contribution in [0, 0.1) is 0 Å². The van der Waals surface area contributed by atoms with Gasteiger partial charge in [0.2, 0.25) is 0 Å². The van der Waals surface area contributed by atoms with Crippen LogP contribution in [0.15, 0.2) is 42.6 Å². The van der Waals surface area contributed by atoms with Gasteiger partial charge < -0.3 is 10.3 Å². The third-order valence-corrected chi connectivity index (χ3v) is 6.81. The smallest absolute Gasteiger partial charge is 0.121 e. The number of imidazole rings is 1. The summed E-state index contributed by atoms with van der Waals surface area (Å²) in [5, 5.41) is 3.71. The molecule has 2 atom stereocenters. The maximum Gasteiger partial charge on any atom is 0.121 e. The lowest BCUT2D eigenvalue weighted by Crippen LogP contribution is -2.36. The number of benzene rings is 1. The van der Waals surface area contributed by atoms with E-state index in [0.29, 0.717) is 12.1 Å². The third kappa shape index (κ3) is 4.42. The van der Waals surface area contributed by atoms with Crippen molar-refractivity contribution in [2.24, 2.45) is 0 Å². The maximum absolute atomic E-state index is 4.87. The minimum absolute atomic E-state index is 0.391. The molecule has 3 heterocycles. The topological polar surface area (TPSA) is 56.8 Å². The summed E-state index contributed by atoms with van der Waals surface area (Å²) in [7, 11) is 0. The van der Waals surface area contributed by atoms with Gasteiger partial charge in [-0.05, 0) is 81.8 Å². The number of aryl methyl sites for hydroxylation is 1. The highest BCUT2D eigenvalue weighted by molar-refractivity contribution is 5.74. The lowest BCUT2D eigenvalue weighted by atomic mass is 9.90. The molecular weight excluding hydrogens is 370 g/mol. The van der Waals surface area contributed by atoms with Gasteiger partial charge in [0.15, 0.2) is 0 Å². The lowest BCUT2D eigenvalue weighted by Gasteiger charge is -2.35. The summed E-state index contributed by atoms with van der Waals surface area (Å²) in [5.41, 5.74) is 4.90. The lowest BCUT2D eigenvalue weighted by molar-refractivity contribution is 0.156. The number of nitrogens with zero attached hydrogens (tertiary/aromatic N) is 3. The predicted molar refractivity (Wildman–Crippen MR) is 121 cm³/mol. The second kappa shape index (κ2) is 9.27. The molecule has 0 radical (unpaired) electrons. The van der Waals surface area contributed by atoms with Gasteiger partial charge in [0.1, 0.15) is 5.82 Å². The number of para-hydroxylation sites is 2. The van der Waals surface area contributed by atoms with Gasteiger partial charge in [0, 0.05) is 12.2 Å². The zero-order chi connectivity index (χ0) is 20.2. The Kier molecular flexibility index (Phi) is 6.09. The Morgan fingerprint density at radius 1 is 1.03 bits per heavy atom. The van der Waals surface area contributed by atoms with E-state index >= 15 is 0 Å². The largest absolute Gasteiger partial charge is 0.341 e. The van der Waals surface area contributed by atoms with Crippen molar-refractivity contribution in [1.29, 1.82) is 0 Å².